The minimum Gasteiger partial charge on any atom is -0.307 e. The monoisotopic (exact) mass is 610 g/mol. The Morgan fingerprint density at radius 2 is 0.875 bits per heavy atom. The third kappa shape index (κ3) is 4.00. The van der Waals surface area contributed by atoms with Gasteiger partial charge in [0.25, 0.3) is 0 Å². The zero-order chi connectivity index (χ0) is 31.6. The Kier molecular flexibility index (Phi) is 5.91. The van der Waals surface area contributed by atoms with Gasteiger partial charge in [0.05, 0.1) is 22.2 Å². The maximum Gasteiger partial charge on any atom is 0.0789 e. The Balaban J connectivity index is 1.41. The van der Waals surface area contributed by atoms with Crippen molar-refractivity contribution in [1.82, 2.24) is 9.13 Å². The smallest absolute Gasteiger partial charge is 0.0789 e. The molecule has 48 heavy (non-hydrogen) atoms. The minimum absolute atomic E-state index is 1.14. The van der Waals surface area contributed by atoms with Gasteiger partial charge >= 0.3 is 0 Å². The lowest BCUT2D eigenvalue weighted by Crippen LogP contribution is -2.00. The molecule has 0 fully saturated rings. The van der Waals surface area contributed by atoms with Crippen molar-refractivity contribution in [2.45, 2.75) is 0 Å². The summed E-state index contributed by atoms with van der Waals surface area (Å²) in [6.07, 6.45) is 0. The zero-order valence-electron chi connectivity index (χ0n) is 26.2. The van der Waals surface area contributed by atoms with Gasteiger partial charge in [0.1, 0.15) is 0 Å². The second-order valence-electron chi connectivity index (χ2n) is 12.6. The Morgan fingerprint density at radius 1 is 0.312 bits per heavy atom. The number of hydrogen-bond donors (Lipinski definition) is 0. The molecule has 0 spiro atoms. The predicted octanol–water partition coefficient (Wildman–Crippen LogP) is 12.4. The van der Waals surface area contributed by atoms with E-state index in [0.717, 1.165) is 11.4 Å². The number of rotatable bonds is 4. The van der Waals surface area contributed by atoms with Gasteiger partial charge in [-0.3, -0.25) is 0 Å². The van der Waals surface area contributed by atoms with E-state index in [1.807, 2.05) is 0 Å². The highest BCUT2D eigenvalue weighted by Gasteiger charge is 2.26. The maximum absolute atomic E-state index is 2.50. The van der Waals surface area contributed by atoms with Crippen molar-refractivity contribution in [3.63, 3.8) is 0 Å². The molecule has 0 radical (unpaired) electrons. The average molecular weight is 611 g/mol. The maximum atomic E-state index is 2.50. The molecule has 8 aromatic carbocycles. The quantitative estimate of drug-likeness (QED) is 0.175. The molecule has 2 heterocycles. The van der Waals surface area contributed by atoms with Crippen LogP contribution in [0.1, 0.15) is 0 Å². The van der Waals surface area contributed by atoms with Crippen molar-refractivity contribution < 1.29 is 0 Å². The fourth-order valence-electron chi connectivity index (χ4n) is 7.76. The molecular formula is C46H30N2. The number of hydrogen-bond acceptors (Lipinski definition) is 0. The molecular weight excluding hydrogens is 581 g/mol. The van der Waals surface area contributed by atoms with Gasteiger partial charge in [-0.1, -0.05) is 140 Å². The van der Waals surface area contributed by atoms with Crippen LogP contribution in [-0.4, -0.2) is 9.13 Å². The fraction of sp³-hybridized carbons (Fsp3) is 0. The van der Waals surface area contributed by atoms with Gasteiger partial charge < -0.3 is 9.13 Å². The van der Waals surface area contributed by atoms with Crippen molar-refractivity contribution in [2.75, 3.05) is 0 Å². The SMILES string of the molecule is c1ccc(-c2c(-c3ccccc3)n(-c3ccccc3)c3c2ccc2c4ccccc4n(-c4ccc5cc6ccccc6cc5c4)c23)cc1. The van der Waals surface area contributed by atoms with Crippen LogP contribution in [0.25, 0.3) is 88.0 Å². The van der Waals surface area contributed by atoms with Crippen LogP contribution in [0.2, 0.25) is 0 Å². The third-order valence-corrected chi connectivity index (χ3v) is 9.83. The molecule has 10 aromatic rings. The minimum atomic E-state index is 1.14. The van der Waals surface area contributed by atoms with Crippen LogP contribution in [0.4, 0.5) is 0 Å². The van der Waals surface area contributed by atoms with E-state index < -0.39 is 0 Å². The topological polar surface area (TPSA) is 9.86 Å². The van der Waals surface area contributed by atoms with Crippen LogP contribution >= 0.6 is 0 Å². The predicted molar refractivity (Wildman–Crippen MR) is 203 cm³/mol. The highest BCUT2D eigenvalue weighted by Crippen LogP contribution is 2.47. The number of para-hydroxylation sites is 2. The summed E-state index contributed by atoms with van der Waals surface area (Å²) in [6, 6.07) is 66.3. The molecule has 2 aromatic heterocycles. The number of nitrogens with zero attached hydrogens (tertiary/aromatic N) is 2. The molecule has 2 nitrogen and oxygen atoms in total. The van der Waals surface area contributed by atoms with Crippen LogP contribution < -0.4 is 0 Å². The molecule has 0 saturated heterocycles. The Bertz CT molecular complexity index is 2810. The summed E-state index contributed by atoms with van der Waals surface area (Å²) < 4.78 is 4.99. The summed E-state index contributed by atoms with van der Waals surface area (Å²) in [5.41, 5.74) is 10.7. The molecule has 0 bridgehead atoms. The largest absolute Gasteiger partial charge is 0.307 e. The molecule has 2 heteroatoms. The van der Waals surface area contributed by atoms with Crippen molar-refractivity contribution in [1.29, 1.82) is 0 Å². The first kappa shape index (κ1) is 26.8. The van der Waals surface area contributed by atoms with Crippen LogP contribution in [-0.2, 0) is 0 Å². The molecule has 0 aliphatic rings. The molecule has 0 N–H and O–H groups in total. The van der Waals surface area contributed by atoms with E-state index in [1.54, 1.807) is 0 Å². The first-order valence-corrected chi connectivity index (χ1v) is 16.5. The number of fused-ring (bicyclic) bond motifs is 7. The molecule has 0 saturated carbocycles. The summed E-state index contributed by atoms with van der Waals surface area (Å²) in [5.74, 6) is 0. The van der Waals surface area contributed by atoms with Gasteiger partial charge in [0.15, 0.2) is 0 Å². The van der Waals surface area contributed by atoms with E-state index in [9.17, 15) is 0 Å². The second kappa shape index (κ2) is 10.6. The van der Waals surface area contributed by atoms with Gasteiger partial charge in [0.2, 0.25) is 0 Å². The van der Waals surface area contributed by atoms with Gasteiger partial charge in [-0.15, -0.1) is 0 Å². The van der Waals surface area contributed by atoms with Crippen molar-refractivity contribution in [3.05, 3.63) is 182 Å². The fourth-order valence-corrected chi connectivity index (χ4v) is 7.76. The molecule has 10 rings (SSSR count). The lowest BCUT2D eigenvalue weighted by atomic mass is 9.98. The van der Waals surface area contributed by atoms with E-state index in [2.05, 4.69) is 191 Å². The van der Waals surface area contributed by atoms with Crippen LogP contribution in [0, 0.1) is 0 Å². The lowest BCUT2D eigenvalue weighted by Gasteiger charge is -2.15. The number of benzene rings is 8. The molecule has 224 valence electrons. The summed E-state index contributed by atoms with van der Waals surface area (Å²) in [7, 11) is 0. The summed E-state index contributed by atoms with van der Waals surface area (Å²) >= 11 is 0. The summed E-state index contributed by atoms with van der Waals surface area (Å²) in [4.78, 5) is 0. The van der Waals surface area contributed by atoms with Crippen molar-refractivity contribution in [2.24, 2.45) is 0 Å². The molecule has 0 aliphatic heterocycles. The van der Waals surface area contributed by atoms with Gasteiger partial charge in [-0.05, 0) is 75.1 Å². The highest BCUT2D eigenvalue weighted by atomic mass is 15.1. The Hall–Kier alpha value is -6.38. The van der Waals surface area contributed by atoms with E-state index in [4.69, 9.17) is 0 Å². The zero-order valence-corrected chi connectivity index (χ0v) is 26.2. The Morgan fingerprint density at radius 3 is 1.62 bits per heavy atom. The molecule has 0 atom stereocenters. The normalized spacial score (nSPS) is 11.8. The standard InChI is InChI=1S/C46H30N2/c1-4-14-31(15-5-1)43-41-27-26-40-39-22-12-13-23-42(39)47(38-25-24-35-28-33-18-10-11-19-34(33)29-36(35)30-38)45(40)46(41)48(37-20-8-3-9-21-37)44(43)32-16-6-2-7-17-32/h1-30H. The summed E-state index contributed by atoms with van der Waals surface area (Å²) in [5, 5.41) is 8.71. The van der Waals surface area contributed by atoms with E-state index in [0.29, 0.717) is 0 Å². The van der Waals surface area contributed by atoms with Crippen LogP contribution in [0.5, 0.6) is 0 Å². The van der Waals surface area contributed by atoms with E-state index >= 15 is 0 Å². The van der Waals surface area contributed by atoms with E-state index in [-0.39, 0.29) is 0 Å². The lowest BCUT2D eigenvalue weighted by molar-refractivity contribution is 1.12. The first-order valence-electron chi connectivity index (χ1n) is 16.5. The first-order chi connectivity index (χ1) is 23.8. The third-order valence-electron chi connectivity index (χ3n) is 9.83. The summed E-state index contributed by atoms with van der Waals surface area (Å²) in [6.45, 7) is 0. The number of aromatic nitrogens is 2. The molecule has 0 amide bonds. The highest BCUT2D eigenvalue weighted by molar-refractivity contribution is 6.22. The van der Waals surface area contributed by atoms with Gasteiger partial charge in [0, 0.05) is 33.1 Å². The van der Waals surface area contributed by atoms with Gasteiger partial charge in [-0.2, -0.15) is 0 Å². The van der Waals surface area contributed by atoms with Crippen LogP contribution in [0.15, 0.2) is 182 Å². The average Bonchev–Trinajstić information content (AvgIpc) is 3.68. The second-order valence-corrected chi connectivity index (χ2v) is 12.6. The molecule has 0 unspecified atom stereocenters. The van der Waals surface area contributed by atoms with Crippen molar-refractivity contribution in [3.8, 4) is 33.8 Å². The van der Waals surface area contributed by atoms with Crippen molar-refractivity contribution >= 4 is 54.3 Å². The molecule has 0 aliphatic carbocycles. The van der Waals surface area contributed by atoms with Crippen LogP contribution in [0.3, 0.4) is 0 Å². The Labute approximate surface area is 278 Å². The van der Waals surface area contributed by atoms with Gasteiger partial charge in [-0.25, -0.2) is 0 Å². The van der Waals surface area contributed by atoms with E-state index in [1.165, 1.54) is 76.6 Å².